The molecular weight excluding hydrogens is 358 g/mol. The Morgan fingerprint density at radius 1 is 0.759 bits per heavy atom. The highest BCUT2D eigenvalue weighted by Crippen LogP contribution is 2.21. The van der Waals surface area contributed by atoms with Gasteiger partial charge in [0.1, 0.15) is 0 Å². The van der Waals surface area contributed by atoms with Crippen molar-refractivity contribution in [2.24, 2.45) is 0 Å². The fourth-order valence-corrected chi connectivity index (χ4v) is 3.67. The van der Waals surface area contributed by atoms with Gasteiger partial charge in [-0.25, -0.2) is 0 Å². The molecule has 0 radical (unpaired) electrons. The lowest BCUT2D eigenvalue weighted by atomic mass is 10.0. The summed E-state index contributed by atoms with van der Waals surface area (Å²) >= 11 is 0. The van der Waals surface area contributed by atoms with Crippen LogP contribution in [0.3, 0.4) is 0 Å². The Morgan fingerprint density at radius 3 is 2.38 bits per heavy atom. The largest absolute Gasteiger partial charge is 0.361 e. The van der Waals surface area contributed by atoms with Gasteiger partial charge in [-0.1, -0.05) is 78.0 Å². The van der Waals surface area contributed by atoms with Crippen LogP contribution in [0, 0.1) is 0 Å². The van der Waals surface area contributed by atoms with Crippen molar-refractivity contribution >= 4 is 10.9 Å². The van der Waals surface area contributed by atoms with E-state index < -0.39 is 0 Å². The average Bonchev–Trinajstić information content (AvgIpc) is 3.40. The van der Waals surface area contributed by atoms with Crippen LogP contribution in [-0.2, 0) is 19.3 Å². The highest BCUT2D eigenvalue weighted by Gasteiger charge is 2.10. The zero-order valence-electron chi connectivity index (χ0n) is 16.0. The molecule has 2 aromatic heterocycles. The van der Waals surface area contributed by atoms with Crippen LogP contribution in [0.2, 0.25) is 0 Å². The van der Waals surface area contributed by atoms with E-state index in [2.05, 4.69) is 88.1 Å². The van der Waals surface area contributed by atoms with Gasteiger partial charge in [0.05, 0.1) is 0 Å². The third-order valence-corrected chi connectivity index (χ3v) is 5.22. The van der Waals surface area contributed by atoms with Crippen molar-refractivity contribution in [3.63, 3.8) is 0 Å². The first kappa shape index (κ1) is 17.4. The van der Waals surface area contributed by atoms with Gasteiger partial charge in [-0.05, 0) is 34.7 Å². The number of aryl methyl sites for hydroxylation is 2. The molecule has 29 heavy (non-hydrogen) atoms. The topological polar surface area (TPSA) is 54.7 Å². The van der Waals surface area contributed by atoms with Gasteiger partial charge in [-0.2, -0.15) is 4.98 Å². The number of hydrogen-bond acceptors (Lipinski definition) is 3. The monoisotopic (exact) mass is 379 g/mol. The predicted molar refractivity (Wildman–Crippen MR) is 115 cm³/mol. The molecule has 2 heterocycles. The van der Waals surface area contributed by atoms with E-state index in [0.717, 1.165) is 24.2 Å². The lowest BCUT2D eigenvalue weighted by molar-refractivity contribution is 0.374. The van der Waals surface area contributed by atoms with Gasteiger partial charge >= 0.3 is 0 Å². The van der Waals surface area contributed by atoms with Gasteiger partial charge in [0.15, 0.2) is 5.82 Å². The standard InChI is InChI=1S/C25H21N3O/c1-2-6-19(7-3-1)20-12-10-18(11-13-20)16-24-27-25(29-28-24)15-14-21-17-26-23-9-5-4-8-22(21)23/h1-13,17,26H,14-16H2. The predicted octanol–water partition coefficient (Wildman–Crippen LogP) is 5.59. The van der Waals surface area contributed by atoms with Crippen LogP contribution in [0.1, 0.15) is 22.8 Å². The third kappa shape index (κ3) is 3.83. The van der Waals surface area contributed by atoms with E-state index in [4.69, 9.17) is 4.52 Å². The smallest absolute Gasteiger partial charge is 0.226 e. The summed E-state index contributed by atoms with van der Waals surface area (Å²) in [6, 6.07) is 27.3. The van der Waals surface area contributed by atoms with Crippen LogP contribution >= 0.6 is 0 Å². The summed E-state index contributed by atoms with van der Waals surface area (Å²) in [5.74, 6) is 1.41. The molecule has 3 aromatic carbocycles. The Kier molecular flexibility index (Phi) is 4.67. The molecule has 0 amide bonds. The van der Waals surface area contributed by atoms with Crippen molar-refractivity contribution in [2.45, 2.75) is 19.3 Å². The molecule has 4 heteroatoms. The normalized spacial score (nSPS) is 11.2. The molecule has 142 valence electrons. The zero-order chi connectivity index (χ0) is 19.5. The van der Waals surface area contributed by atoms with Crippen molar-refractivity contribution in [3.8, 4) is 11.1 Å². The quantitative estimate of drug-likeness (QED) is 0.418. The van der Waals surface area contributed by atoms with E-state index in [-0.39, 0.29) is 0 Å². The number of aromatic amines is 1. The molecule has 1 N–H and O–H groups in total. The maximum atomic E-state index is 5.47. The van der Waals surface area contributed by atoms with Crippen LogP contribution < -0.4 is 0 Å². The van der Waals surface area contributed by atoms with Gasteiger partial charge < -0.3 is 9.51 Å². The molecule has 0 aliphatic carbocycles. The Labute approximate surface area is 169 Å². The first-order valence-corrected chi connectivity index (χ1v) is 9.86. The SMILES string of the molecule is c1ccc(-c2ccc(Cc3noc(CCc4c[nH]c5ccccc45)n3)cc2)cc1. The lowest BCUT2D eigenvalue weighted by Gasteiger charge is -2.03. The molecule has 0 saturated heterocycles. The average molecular weight is 379 g/mol. The third-order valence-electron chi connectivity index (χ3n) is 5.22. The second-order valence-corrected chi connectivity index (χ2v) is 7.20. The fourth-order valence-electron chi connectivity index (χ4n) is 3.67. The summed E-state index contributed by atoms with van der Waals surface area (Å²) in [5.41, 5.74) is 6.04. The Bertz CT molecular complexity index is 1220. The second-order valence-electron chi connectivity index (χ2n) is 7.20. The molecule has 0 atom stereocenters. The van der Waals surface area contributed by atoms with Gasteiger partial charge in [0.2, 0.25) is 5.89 Å². The first-order chi connectivity index (χ1) is 14.3. The highest BCUT2D eigenvalue weighted by molar-refractivity contribution is 5.83. The molecule has 5 rings (SSSR count). The van der Waals surface area contributed by atoms with E-state index in [1.807, 2.05) is 12.1 Å². The number of nitrogens with zero attached hydrogens (tertiary/aromatic N) is 2. The Hall–Kier alpha value is -3.66. The summed E-state index contributed by atoms with van der Waals surface area (Å²) in [4.78, 5) is 7.89. The first-order valence-electron chi connectivity index (χ1n) is 9.86. The lowest BCUT2D eigenvalue weighted by Crippen LogP contribution is -1.93. The van der Waals surface area contributed by atoms with Crippen molar-refractivity contribution < 1.29 is 4.52 Å². The number of aromatic nitrogens is 3. The van der Waals surface area contributed by atoms with Gasteiger partial charge in [-0.15, -0.1) is 0 Å². The number of rotatable bonds is 6. The van der Waals surface area contributed by atoms with Crippen molar-refractivity contribution in [1.29, 1.82) is 0 Å². The van der Waals surface area contributed by atoms with Crippen molar-refractivity contribution in [1.82, 2.24) is 15.1 Å². The number of H-pyrrole nitrogens is 1. The Balaban J connectivity index is 1.23. The number of hydrogen-bond donors (Lipinski definition) is 1. The summed E-state index contributed by atoms with van der Waals surface area (Å²) in [7, 11) is 0. The molecule has 0 spiro atoms. The van der Waals surface area contributed by atoms with E-state index in [0.29, 0.717) is 12.3 Å². The molecule has 0 bridgehead atoms. The highest BCUT2D eigenvalue weighted by atomic mass is 16.5. The fraction of sp³-hybridized carbons (Fsp3) is 0.120. The minimum atomic E-state index is 0.672. The molecular formula is C25H21N3O. The minimum absolute atomic E-state index is 0.672. The van der Waals surface area contributed by atoms with Crippen molar-refractivity contribution in [3.05, 3.63) is 108 Å². The number of nitrogens with one attached hydrogen (secondary N) is 1. The molecule has 0 aliphatic rings. The maximum Gasteiger partial charge on any atom is 0.226 e. The minimum Gasteiger partial charge on any atom is -0.361 e. The van der Waals surface area contributed by atoms with Crippen LogP contribution in [0.25, 0.3) is 22.0 Å². The summed E-state index contributed by atoms with van der Waals surface area (Å²) in [5, 5.41) is 5.42. The summed E-state index contributed by atoms with van der Waals surface area (Å²) in [6.45, 7) is 0. The van der Waals surface area contributed by atoms with Crippen LogP contribution in [0.5, 0.6) is 0 Å². The maximum absolute atomic E-state index is 5.47. The van der Waals surface area contributed by atoms with E-state index in [9.17, 15) is 0 Å². The summed E-state index contributed by atoms with van der Waals surface area (Å²) < 4.78 is 5.47. The molecule has 0 fully saturated rings. The molecule has 0 aliphatic heterocycles. The molecule has 4 nitrogen and oxygen atoms in total. The van der Waals surface area contributed by atoms with Crippen LogP contribution in [0.15, 0.2) is 89.6 Å². The van der Waals surface area contributed by atoms with Gasteiger partial charge in [0, 0.05) is 29.9 Å². The molecule has 0 unspecified atom stereocenters. The zero-order valence-corrected chi connectivity index (χ0v) is 16.0. The van der Waals surface area contributed by atoms with Gasteiger partial charge in [-0.3, -0.25) is 0 Å². The van der Waals surface area contributed by atoms with Gasteiger partial charge in [0.25, 0.3) is 0 Å². The van der Waals surface area contributed by atoms with E-state index in [1.54, 1.807) is 0 Å². The van der Waals surface area contributed by atoms with Crippen LogP contribution in [0.4, 0.5) is 0 Å². The number of fused-ring (bicyclic) bond motifs is 1. The summed E-state index contributed by atoms with van der Waals surface area (Å²) in [6.07, 6.45) is 4.35. The van der Waals surface area contributed by atoms with E-state index in [1.165, 1.54) is 27.6 Å². The van der Waals surface area contributed by atoms with Crippen molar-refractivity contribution in [2.75, 3.05) is 0 Å². The van der Waals surface area contributed by atoms with Crippen LogP contribution in [-0.4, -0.2) is 15.1 Å². The number of para-hydroxylation sites is 1. The molecule has 0 saturated carbocycles. The Morgan fingerprint density at radius 2 is 1.52 bits per heavy atom. The second kappa shape index (κ2) is 7.76. The number of benzene rings is 3. The molecule has 5 aromatic rings. The van der Waals surface area contributed by atoms with E-state index >= 15 is 0 Å².